The number of nitrogens with two attached hydrogens (primary N) is 1. The quantitative estimate of drug-likeness (QED) is 0.385. The number of hydrogen-bond acceptors (Lipinski definition) is 7. The van der Waals surface area contributed by atoms with Gasteiger partial charge in [0.15, 0.2) is 12.4 Å². The molecule has 2 N–H and O–H groups in total. The lowest BCUT2D eigenvalue weighted by Gasteiger charge is -2.17. The highest BCUT2D eigenvalue weighted by molar-refractivity contribution is 5.85. The molecule has 162 valence electrons. The monoisotopic (exact) mass is 435 g/mol. The van der Waals surface area contributed by atoms with Gasteiger partial charge >= 0.3 is 11.7 Å². The van der Waals surface area contributed by atoms with E-state index in [1.165, 1.54) is 24.8 Å². The molecule has 2 aromatic carbocycles. The summed E-state index contributed by atoms with van der Waals surface area (Å²) < 4.78 is 9.74. The molecule has 1 aliphatic rings. The van der Waals surface area contributed by atoms with Crippen LogP contribution in [0.4, 0.5) is 5.69 Å². The number of ether oxygens (including phenoxy) is 2. The van der Waals surface area contributed by atoms with Gasteiger partial charge in [0.1, 0.15) is 0 Å². The molecule has 0 saturated carbocycles. The lowest BCUT2D eigenvalue weighted by atomic mass is 9.89. The Labute approximate surface area is 181 Å². The van der Waals surface area contributed by atoms with Crippen LogP contribution in [0.5, 0.6) is 5.75 Å². The number of carbonyl (C=O) groups excluding carboxylic acids is 1. The number of hydrogen-bond donors (Lipinski definition) is 1. The molecule has 8 nitrogen and oxygen atoms in total. The second-order valence-corrected chi connectivity index (χ2v) is 7.13. The first-order valence-electron chi connectivity index (χ1n) is 9.46. The van der Waals surface area contributed by atoms with Gasteiger partial charge in [0.2, 0.25) is 0 Å². The molecule has 0 spiro atoms. The van der Waals surface area contributed by atoms with Crippen molar-refractivity contribution in [2.24, 2.45) is 11.7 Å². The molecule has 0 aliphatic carbocycles. The lowest BCUT2D eigenvalue weighted by Crippen LogP contribution is -2.23. The fourth-order valence-corrected chi connectivity index (χ4v) is 3.79. The predicted molar refractivity (Wildman–Crippen MR) is 115 cm³/mol. The molecular weight excluding hydrogens is 410 g/mol. The number of nitro benzene ring substituents is 1. The third kappa shape index (κ3) is 5.69. The number of nitro groups is 1. The normalized spacial score (nSPS) is 18.5. The van der Waals surface area contributed by atoms with Gasteiger partial charge in [0.05, 0.1) is 12.0 Å². The van der Waals surface area contributed by atoms with Crippen LogP contribution in [-0.2, 0) is 16.1 Å². The van der Waals surface area contributed by atoms with E-state index in [9.17, 15) is 14.9 Å². The van der Waals surface area contributed by atoms with Gasteiger partial charge in [-0.3, -0.25) is 15.0 Å². The zero-order valence-corrected chi connectivity index (χ0v) is 17.5. The highest BCUT2D eigenvalue weighted by Crippen LogP contribution is 2.34. The fraction of sp³-hybridized carbons (Fsp3) is 0.381. The Bertz CT molecular complexity index is 865. The van der Waals surface area contributed by atoms with Crippen molar-refractivity contribution in [3.8, 4) is 5.75 Å². The minimum Gasteiger partial charge on any atom is -0.475 e. The van der Waals surface area contributed by atoms with Crippen LogP contribution >= 0.6 is 12.4 Å². The maximum atomic E-state index is 11.4. The van der Waals surface area contributed by atoms with Crippen molar-refractivity contribution in [2.75, 3.05) is 33.4 Å². The fourth-order valence-electron chi connectivity index (χ4n) is 3.79. The zero-order valence-electron chi connectivity index (χ0n) is 16.7. The van der Waals surface area contributed by atoms with E-state index < -0.39 is 10.9 Å². The Hall–Kier alpha value is -2.68. The van der Waals surface area contributed by atoms with Gasteiger partial charge in [-0.1, -0.05) is 36.4 Å². The largest absolute Gasteiger partial charge is 0.475 e. The van der Waals surface area contributed by atoms with Gasteiger partial charge in [0, 0.05) is 31.6 Å². The molecule has 1 aliphatic heterocycles. The van der Waals surface area contributed by atoms with E-state index in [0.29, 0.717) is 24.9 Å². The van der Waals surface area contributed by atoms with Crippen LogP contribution in [-0.4, -0.2) is 49.1 Å². The van der Waals surface area contributed by atoms with E-state index in [0.717, 1.165) is 18.7 Å². The van der Waals surface area contributed by atoms with Crippen LogP contribution in [0.3, 0.4) is 0 Å². The molecule has 30 heavy (non-hydrogen) atoms. The standard InChI is InChI=1S/C21H25N3O5.ClH/c1-28-21(25)14-29-20-8-7-15(9-19(20)24(26)27)11-23-12-17(10-22)18(13-23)16-5-3-2-4-6-16;/h2-9,17-18H,10-14,22H2,1H3;1H/t17-,18+;/m1./s1. The molecule has 1 fully saturated rings. The van der Waals surface area contributed by atoms with Crippen LogP contribution in [0.15, 0.2) is 48.5 Å². The number of halogens is 1. The van der Waals surface area contributed by atoms with Crippen molar-refractivity contribution in [3.63, 3.8) is 0 Å². The van der Waals surface area contributed by atoms with Crippen molar-refractivity contribution >= 4 is 24.1 Å². The molecule has 2 atom stereocenters. The van der Waals surface area contributed by atoms with Gasteiger partial charge in [-0.2, -0.15) is 0 Å². The van der Waals surface area contributed by atoms with E-state index in [4.69, 9.17) is 10.5 Å². The van der Waals surface area contributed by atoms with E-state index in [1.807, 2.05) is 18.2 Å². The van der Waals surface area contributed by atoms with Crippen molar-refractivity contribution in [1.29, 1.82) is 0 Å². The first-order valence-corrected chi connectivity index (χ1v) is 9.46. The SMILES string of the molecule is COC(=O)COc1ccc(CN2C[C@@H](CN)[C@H](c3ccccc3)C2)cc1[N+](=O)[O-].Cl. The Morgan fingerprint density at radius 3 is 2.60 bits per heavy atom. The molecule has 3 rings (SSSR count). The maximum Gasteiger partial charge on any atom is 0.343 e. The number of rotatable bonds is 8. The van der Waals surface area contributed by atoms with E-state index in [2.05, 4.69) is 21.8 Å². The van der Waals surface area contributed by atoms with Gasteiger partial charge < -0.3 is 15.2 Å². The highest BCUT2D eigenvalue weighted by Gasteiger charge is 2.33. The molecule has 2 aromatic rings. The number of methoxy groups -OCH3 is 1. The summed E-state index contributed by atoms with van der Waals surface area (Å²) >= 11 is 0. The summed E-state index contributed by atoms with van der Waals surface area (Å²) in [5.41, 5.74) is 7.91. The van der Waals surface area contributed by atoms with Crippen molar-refractivity contribution in [3.05, 3.63) is 69.8 Å². The van der Waals surface area contributed by atoms with Crippen molar-refractivity contribution in [1.82, 2.24) is 4.90 Å². The maximum absolute atomic E-state index is 11.4. The van der Waals surface area contributed by atoms with E-state index in [1.54, 1.807) is 6.07 Å². The van der Waals surface area contributed by atoms with Crippen LogP contribution in [0, 0.1) is 16.0 Å². The van der Waals surface area contributed by atoms with Crippen molar-refractivity contribution in [2.45, 2.75) is 12.5 Å². The molecule has 1 saturated heterocycles. The van der Waals surface area contributed by atoms with Crippen molar-refractivity contribution < 1.29 is 19.2 Å². The first-order chi connectivity index (χ1) is 14.0. The van der Waals surface area contributed by atoms with Crippen LogP contribution in [0.2, 0.25) is 0 Å². The Morgan fingerprint density at radius 1 is 1.23 bits per heavy atom. The summed E-state index contributed by atoms with van der Waals surface area (Å²) in [5.74, 6) is 0.140. The number of likely N-dealkylation sites (tertiary alicyclic amines) is 1. The average molecular weight is 436 g/mol. The minimum atomic E-state index is -0.597. The summed E-state index contributed by atoms with van der Waals surface area (Å²) in [6.45, 7) is 2.49. The molecule has 9 heteroatoms. The number of nitrogens with zero attached hydrogens (tertiary/aromatic N) is 2. The lowest BCUT2D eigenvalue weighted by molar-refractivity contribution is -0.385. The third-order valence-electron chi connectivity index (χ3n) is 5.25. The zero-order chi connectivity index (χ0) is 20.8. The first kappa shape index (κ1) is 23.6. The summed E-state index contributed by atoms with van der Waals surface area (Å²) in [5, 5.41) is 11.4. The smallest absolute Gasteiger partial charge is 0.343 e. The summed E-state index contributed by atoms with van der Waals surface area (Å²) in [6, 6.07) is 15.1. The second-order valence-electron chi connectivity index (χ2n) is 7.13. The van der Waals surface area contributed by atoms with E-state index in [-0.39, 0.29) is 30.5 Å². The second kappa shape index (κ2) is 10.9. The highest BCUT2D eigenvalue weighted by atomic mass is 35.5. The van der Waals surface area contributed by atoms with E-state index >= 15 is 0 Å². The third-order valence-corrected chi connectivity index (χ3v) is 5.25. The summed E-state index contributed by atoms with van der Waals surface area (Å²) in [6.07, 6.45) is 0. The average Bonchev–Trinajstić information content (AvgIpc) is 3.15. The molecular formula is C21H26ClN3O5. The minimum absolute atomic E-state index is 0. The molecule has 0 bridgehead atoms. The molecule has 0 aromatic heterocycles. The number of benzene rings is 2. The van der Waals surface area contributed by atoms with Crippen LogP contribution < -0.4 is 10.5 Å². The summed E-state index contributed by atoms with van der Waals surface area (Å²) in [4.78, 5) is 24.4. The Balaban J connectivity index is 0.00000320. The number of carbonyl (C=O) groups is 1. The predicted octanol–water partition coefficient (Wildman–Crippen LogP) is 2.74. The Morgan fingerprint density at radius 2 is 1.97 bits per heavy atom. The van der Waals surface area contributed by atoms with Gasteiger partial charge in [-0.25, -0.2) is 4.79 Å². The van der Waals surface area contributed by atoms with Gasteiger partial charge in [0.25, 0.3) is 0 Å². The Kier molecular flexibility index (Phi) is 8.58. The molecule has 0 radical (unpaired) electrons. The summed E-state index contributed by atoms with van der Waals surface area (Å²) in [7, 11) is 1.23. The molecule has 0 unspecified atom stereocenters. The number of esters is 1. The molecule has 0 amide bonds. The van der Waals surface area contributed by atoms with Gasteiger partial charge in [-0.15, -0.1) is 12.4 Å². The van der Waals surface area contributed by atoms with Crippen LogP contribution in [0.25, 0.3) is 0 Å². The topological polar surface area (TPSA) is 108 Å². The van der Waals surface area contributed by atoms with Gasteiger partial charge in [-0.05, 0) is 29.7 Å². The molecule has 1 heterocycles. The van der Waals surface area contributed by atoms with Crippen LogP contribution in [0.1, 0.15) is 17.0 Å².